The Hall–Kier alpha value is -1.73. The molecule has 84 valence electrons. The number of benzene rings is 1. The number of ether oxygens (including phenoxy) is 1. The lowest BCUT2D eigenvalue weighted by molar-refractivity contribution is 0.193. The Labute approximate surface area is 95.2 Å². The number of rotatable bonds is 2. The van der Waals surface area contributed by atoms with Crippen LogP contribution in [-0.4, -0.2) is 26.3 Å². The molecule has 0 amide bonds. The van der Waals surface area contributed by atoms with Crippen molar-refractivity contribution < 1.29 is 4.74 Å². The van der Waals surface area contributed by atoms with E-state index in [-0.39, 0.29) is 0 Å². The van der Waals surface area contributed by atoms with Crippen LogP contribution in [0, 0.1) is 11.3 Å². The molecular formula is C12H15N3O. The minimum absolute atomic E-state index is 0.398. The van der Waals surface area contributed by atoms with E-state index in [2.05, 4.69) is 11.0 Å². The Morgan fingerprint density at radius 1 is 1.56 bits per heavy atom. The van der Waals surface area contributed by atoms with Crippen molar-refractivity contribution in [3.63, 3.8) is 0 Å². The summed E-state index contributed by atoms with van der Waals surface area (Å²) < 4.78 is 5.35. The molecule has 1 heterocycles. The summed E-state index contributed by atoms with van der Waals surface area (Å²) in [5.41, 5.74) is 7.76. The van der Waals surface area contributed by atoms with E-state index in [1.54, 1.807) is 6.07 Å². The first kappa shape index (κ1) is 10.8. The van der Waals surface area contributed by atoms with Crippen LogP contribution in [0.2, 0.25) is 0 Å². The zero-order valence-corrected chi connectivity index (χ0v) is 9.31. The van der Waals surface area contributed by atoms with Crippen molar-refractivity contribution in [2.24, 2.45) is 0 Å². The van der Waals surface area contributed by atoms with Crippen molar-refractivity contribution in [3.05, 3.63) is 23.8 Å². The molecule has 1 saturated heterocycles. The maximum Gasteiger partial charge on any atom is 0.101 e. The molecule has 0 saturated carbocycles. The highest BCUT2D eigenvalue weighted by Gasteiger charge is 2.20. The Morgan fingerprint density at radius 3 is 3.00 bits per heavy atom. The largest absolute Gasteiger partial charge is 0.398 e. The van der Waals surface area contributed by atoms with Crippen LogP contribution >= 0.6 is 0 Å². The average Bonchev–Trinajstić information content (AvgIpc) is 2.82. The maximum atomic E-state index is 8.92. The molecule has 0 aliphatic carbocycles. The molecule has 16 heavy (non-hydrogen) atoms. The predicted molar refractivity (Wildman–Crippen MR) is 63.2 cm³/mol. The molecule has 0 aromatic heterocycles. The number of hydrogen-bond acceptors (Lipinski definition) is 4. The summed E-state index contributed by atoms with van der Waals surface area (Å²) in [6.45, 7) is 1.57. The molecular weight excluding hydrogens is 202 g/mol. The average molecular weight is 217 g/mol. The van der Waals surface area contributed by atoms with Gasteiger partial charge < -0.3 is 15.4 Å². The van der Waals surface area contributed by atoms with E-state index in [4.69, 9.17) is 15.7 Å². The summed E-state index contributed by atoms with van der Waals surface area (Å²) in [4.78, 5) is 2.15. The van der Waals surface area contributed by atoms with Gasteiger partial charge in [-0.25, -0.2) is 0 Å². The van der Waals surface area contributed by atoms with Crippen LogP contribution in [0.15, 0.2) is 18.2 Å². The van der Waals surface area contributed by atoms with E-state index < -0.39 is 0 Å². The minimum Gasteiger partial charge on any atom is -0.398 e. The third kappa shape index (κ3) is 1.95. The summed E-state index contributed by atoms with van der Waals surface area (Å²) in [6.07, 6.45) is 1.03. The van der Waals surface area contributed by atoms with Crippen LogP contribution < -0.4 is 10.6 Å². The van der Waals surface area contributed by atoms with Gasteiger partial charge >= 0.3 is 0 Å². The fourth-order valence-electron chi connectivity index (χ4n) is 1.90. The molecule has 0 radical (unpaired) electrons. The molecule has 1 aliphatic heterocycles. The van der Waals surface area contributed by atoms with Crippen LogP contribution in [0.1, 0.15) is 12.0 Å². The molecule has 1 aromatic carbocycles. The number of nitriles is 1. The minimum atomic E-state index is 0.398. The van der Waals surface area contributed by atoms with Gasteiger partial charge in [-0.2, -0.15) is 5.26 Å². The van der Waals surface area contributed by atoms with E-state index in [0.717, 1.165) is 25.3 Å². The van der Waals surface area contributed by atoms with Crippen LogP contribution in [0.3, 0.4) is 0 Å². The number of likely N-dealkylation sites (N-methyl/N-ethyl adjacent to an activating group) is 1. The lowest BCUT2D eigenvalue weighted by Gasteiger charge is -2.25. The number of hydrogen-bond donors (Lipinski definition) is 1. The van der Waals surface area contributed by atoms with E-state index in [1.165, 1.54) is 0 Å². The molecule has 4 nitrogen and oxygen atoms in total. The van der Waals surface area contributed by atoms with Gasteiger partial charge in [0.05, 0.1) is 18.2 Å². The first-order valence-corrected chi connectivity index (χ1v) is 5.32. The van der Waals surface area contributed by atoms with Crippen LogP contribution in [-0.2, 0) is 4.74 Å². The van der Waals surface area contributed by atoms with Crippen molar-refractivity contribution in [3.8, 4) is 6.07 Å². The zero-order valence-electron chi connectivity index (χ0n) is 9.31. The van der Waals surface area contributed by atoms with Gasteiger partial charge in [0.2, 0.25) is 0 Å². The Kier molecular flexibility index (Phi) is 2.97. The molecule has 0 bridgehead atoms. The second-order valence-corrected chi connectivity index (χ2v) is 4.01. The molecule has 1 atom stereocenters. The Bertz CT molecular complexity index is 419. The topological polar surface area (TPSA) is 62.3 Å². The van der Waals surface area contributed by atoms with Crippen molar-refractivity contribution >= 4 is 11.4 Å². The fraction of sp³-hybridized carbons (Fsp3) is 0.417. The van der Waals surface area contributed by atoms with E-state index in [9.17, 15) is 0 Å². The molecule has 1 fully saturated rings. The lowest BCUT2D eigenvalue weighted by Crippen LogP contribution is -2.31. The number of anilines is 2. The summed E-state index contributed by atoms with van der Waals surface area (Å²) in [5, 5.41) is 8.92. The van der Waals surface area contributed by atoms with Crippen molar-refractivity contribution in [1.29, 1.82) is 5.26 Å². The second kappa shape index (κ2) is 4.42. The van der Waals surface area contributed by atoms with Gasteiger partial charge in [-0.3, -0.25) is 0 Å². The van der Waals surface area contributed by atoms with Gasteiger partial charge in [0.1, 0.15) is 6.07 Å². The van der Waals surface area contributed by atoms with Crippen LogP contribution in [0.4, 0.5) is 11.4 Å². The molecule has 4 heteroatoms. The second-order valence-electron chi connectivity index (χ2n) is 4.01. The van der Waals surface area contributed by atoms with Gasteiger partial charge in [0.25, 0.3) is 0 Å². The highest BCUT2D eigenvalue weighted by atomic mass is 16.5. The van der Waals surface area contributed by atoms with Gasteiger partial charge in [0.15, 0.2) is 0 Å². The maximum absolute atomic E-state index is 8.92. The number of nitrogens with zero attached hydrogens (tertiary/aromatic N) is 2. The van der Waals surface area contributed by atoms with Crippen LogP contribution in [0.5, 0.6) is 0 Å². The third-order valence-corrected chi connectivity index (χ3v) is 3.02. The molecule has 0 spiro atoms. The quantitative estimate of drug-likeness (QED) is 0.760. The molecule has 2 N–H and O–H groups in total. The van der Waals surface area contributed by atoms with E-state index >= 15 is 0 Å². The molecule has 2 rings (SSSR count). The molecule has 1 aliphatic rings. The highest BCUT2D eigenvalue weighted by molar-refractivity contribution is 5.62. The third-order valence-electron chi connectivity index (χ3n) is 3.02. The molecule has 1 aromatic rings. The standard InChI is InChI=1S/C12H15N3O/c1-15(11-4-5-16-8-11)10-2-3-12(14)9(6-10)7-13/h2-3,6,11H,4-5,8,14H2,1H3. The normalized spacial score (nSPS) is 19.4. The Morgan fingerprint density at radius 2 is 2.38 bits per heavy atom. The summed E-state index contributed by atoms with van der Waals surface area (Å²) in [7, 11) is 2.02. The van der Waals surface area contributed by atoms with Gasteiger partial charge in [-0.1, -0.05) is 0 Å². The van der Waals surface area contributed by atoms with E-state index in [0.29, 0.717) is 17.3 Å². The fourth-order valence-corrected chi connectivity index (χ4v) is 1.90. The van der Waals surface area contributed by atoms with Gasteiger partial charge in [0, 0.05) is 25.0 Å². The summed E-state index contributed by atoms with van der Waals surface area (Å²) in [6, 6.07) is 8.04. The monoisotopic (exact) mass is 217 g/mol. The van der Waals surface area contributed by atoms with Crippen LogP contribution in [0.25, 0.3) is 0 Å². The van der Waals surface area contributed by atoms with E-state index in [1.807, 2.05) is 19.2 Å². The van der Waals surface area contributed by atoms with Gasteiger partial charge in [-0.15, -0.1) is 0 Å². The molecule has 1 unspecified atom stereocenters. The van der Waals surface area contributed by atoms with Crippen molar-refractivity contribution in [2.45, 2.75) is 12.5 Å². The lowest BCUT2D eigenvalue weighted by atomic mass is 10.1. The first-order valence-electron chi connectivity index (χ1n) is 5.32. The number of nitrogens with two attached hydrogens (primary N) is 1. The Balaban J connectivity index is 2.23. The predicted octanol–water partition coefficient (Wildman–Crippen LogP) is 1.37. The SMILES string of the molecule is CN(c1ccc(N)c(C#N)c1)C1CCOC1. The first-order chi connectivity index (χ1) is 7.72. The van der Waals surface area contributed by atoms with Gasteiger partial charge in [-0.05, 0) is 24.6 Å². The summed E-state index contributed by atoms with van der Waals surface area (Å²) >= 11 is 0. The zero-order chi connectivity index (χ0) is 11.5. The smallest absolute Gasteiger partial charge is 0.101 e. The van der Waals surface area contributed by atoms with Crippen molar-refractivity contribution in [2.75, 3.05) is 30.9 Å². The highest BCUT2D eigenvalue weighted by Crippen LogP contribution is 2.23. The summed E-state index contributed by atoms with van der Waals surface area (Å²) in [5.74, 6) is 0. The van der Waals surface area contributed by atoms with Crippen molar-refractivity contribution in [1.82, 2.24) is 0 Å². The number of nitrogen functional groups attached to an aromatic ring is 1.